The SMILES string of the molecule is Cc1ccccc1-n1c(SC2CCCC2)nc2c([nH]c3ccccc32)c1=O. The summed E-state index contributed by atoms with van der Waals surface area (Å²) in [6, 6.07) is 16.0. The van der Waals surface area contributed by atoms with E-state index in [-0.39, 0.29) is 5.56 Å². The van der Waals surface area contributed by atoms with Crippen molar-refractivity contribution in [2.24, 2.45) is 0 Å². The molecule has 4 nitrogen and oxygen atoms in total. The van der Waals surface area contributed by atoms with E-state index in [1.165, 1.54) is 25.7 Å². The fraction of sp³-hybridized carbons (Fsp3) is 0.273. The van der Waals surface area contributed by atoms with E-state index in [0.717, 1.165) is 32.8 Å². The van der Waals surface area contributed by atoms with E-state index >= 15 is 0 Å². The maximum Gasteiger partial charge on any atom is 0.283 e. The number of aryl methyl sites for hydroxylation is 1. The van der Waals surface area contributed by atoms with Gasteiger partial charge in [0.2, 0.25) is 0 Å². The van der Waals surface area contributed by atoms with Gasteiger partial charge in [-0.15, -0.1) is 0 Å². The number of nitrogens with zero attached hydrogens (tertiary/aromatic N) is 2. The number of hydrogen-bond acceptors (Lipinski definition) is 3. The van der Waals surface area contributed by atoms with Gasteiger partial charge in [-0.1, -0.05) is 61.0 Å². The van der Waals surface area contributed by atoms with Gasteiger partial charge in [0.15, 0.2) is 5.16 Å². The Bertz CT molecular complexity index is 1200. The summed E-state index contributed by atoms with van der Waals surface area (Å²) in [7, 11) is 0. The van der Waals surface area contributed by atoms with E-state index < -0.39 is 0 Å². The molecule has 1 saturated carbocycles. The molecular weight excluding hydrogens is 354 g/mol. The molecule has 0 radical (unpaired) electrons. The van der Waals surface area contributed by atoms with E-state index in [0.29, 0.717) is 10.8 Å². The molecule has 0 unspecified atom stereocenters. The lowest BCUT2D eigenvalue weighted by Crippen LogP contribution is -2.23. The molecule has 0 saturated heterocycles. The second-order valence-electron chi connectivity index (χ2n) is 7.24. The van der Waals surface area contributed by atoms with Crippen LogP contribution >= 0.6 is 11.8 Å². The van der Waals surface area contributed by atoms with Crippen LogP contribution in [0.25, 0.3) is 27.6 Å². The maximum atomic E-state index is 13.5. The molecule has 5 heteroatoms. The number of aromatic nitrogens is 3. The molecule has 2 heterocycles. The Balaban J connectivity index is 1.82. The first-order valence-corrected chi connectivity index (χ1v) is 10.4. The molecule has 0 atom stereocenters. The Morgan fingerprint density at radius 3 is 2.63 bits per heavy atom. The molecule has 4 aromatic rings. The van der Waals surface area contributed by atoms with Crippen molar-refractivity contribution in [1.82, 2.24) is 14.5 Å². The summed E-state index contributed by atoms with van der Waals surface area (Å²) in [6.45, 7) is 2.04. The van der Waals surface area contributed by atoms with Crippen LogP contribution < -0.4 is 5.56 Å². The average Bonchev–Trinajstić information content (AvgIpc) is 3.31. The maximum absolute atomic E-state index is 13.5. The summed E-state index contributed by atoms with van der Waals surface area (Å²) in [5.74, 6) is 0. The molecule has 0 spiro atoms. The van der Waals surface area contributed by atoms with E-state index in [1.54, 1.807) is 16.3 Å². The third-order valence-corrected chi connectivity index (χ3v) is 6.71. The number of nitrogens with one attached hydrogen (secondary N) is 1. The number of aromatic amines is 1. The van der Waals surface area contributed by atoms with Gasteiger partial charge >= 0.3 is 0 Å². The van der Waals surface area contributed by atoms with Crippen LogP contribution in [-0.4, -0.2) is 19.8 Å². The highest BCUT2D eigenvalue weighted by molar-refractivity contribution is 7.99. The van der Waals surface area contributed by atoms with E-state index in [2.05, 4.69) is 4.98 Å². The average molecular weight is 375 g/mol. The number of hydrogen-bond donors (Lipinski definition) is 1. The van der Waals surface area contributed by atoms with Crippen LogP contribution in [0.15, 0.2) is 58.5 Å². The number of thioether (sulfide) groups is 1. The predicted octanol–water partition coefficient (Wildman–Crippen LogP) is 5.21. The standard InChI is InChI=1S/C22H21N3OS/c1-14-8-2-7-13-18(14)25-21(26)20-19(16-11-5-6-12-17(16)23-20)24-22(25)27-15-9-3-4-10-15/h2,5-8,11-13,15,23H,3-4,9-10H2,1H3. The zero-order valence-corrected chi connectivity index (χ0v) is 16.1. The molecule has 5 rings (SSSR count). The van der Waals surface area contributed by atoms with Gasteiger partial charge in [0.25, 0.3) is 5.56 Å². The van der Waals surface area contributed by atoms with Gasteiger partial charge in [-0.2, -0.15) is 0 Å². The van der Waals surface area contributed by atoms with Crippen molar-refractivity contribution in [3.8, 4) is 5.69 Å². The molecule has 1 N–H and O–H groups in total. The van der Waals surface area contributed by atoms with Crippen molar-refractivity contribution in [1.29, 1.82) is 0 Å². The van der Waals surface area contributed by atoms with Gasteiger partial charge < -0.3 is 4.98 Å². The topological polar surface area (TPSA) is 50.7 Å². The Hall–Kier alpha value is -2.53. The van der Waals surface area contributed by atoms with Crippen LogP contribution in [0.5, 0.6) is 0 Å². The van der Waals surface area contributed by atoms with E-state index in [1.807, 2.05) is 55.5 Å². The molecule has 2 aromatic carbocycles. The summed E-state index contributed by atoms with van der Waals surface area (Å²) in [6.07, 6.45) is 4.92. The van der Waals surface area contributed by atoms with Crippen LogP contribution in [0.1, 0.15) is 31.2 Å². The smallest absolute Gasteiger partial charge is 0.283 e. The second kappa shape index (κ2) is 6.57. The second-order valence-corrected chi connectivity index (χ2v) is 8.51. The minimum Gasteiger partial charge on any atom is -0.349 e. The summed E-state index contributed by atoms with van der Waals surface area (Å²) < 4.78 is 1.80. The van der Waals surface area contributed by atoms with Crippen LogP contribution in [0.3, 0.4) is 0 Å². The third-order valence-electron chi connectivity index (χ3n) is 5.42. The van der Waals surface area contributed by atoms with Gasteiger partial charge in [0, 0.05) is 16.2 Å². The highest BCUT2D eigenvalue weighted by Crippen LogP contribution is 2.35. The van der Waals surface area contributed by atoms with Crippen molar-refractivity contribution in [2.75, 3.05) is 0 Å². The van der Waals surface area contributed by atoms with E-state index in [9.17, 15) is 4.79 Å². The highest BCUT2D eigenvalue weighted by Gasteiger charge is 2.23. The number of benzene rings is 2. The fourth-order valence-electron chi connectivity index (χ4n) is 4.00. The minimum atomic E-state index is -0.0222. The molecule has 0 bridgehead atoms. The quantitative estimate of drug-likeness (QED) is 0.500. The predicted molar refractivity (Wildman–Crippen MR) is 112 cm³/mol. The Labute approximate surface area is 161 Å². The summed E-state index contributed by atoms with van der Waals surface area (Å²) >= 11 is 1.76. The summed E-state index contributed by atoms with van der Waals surface area (Å²) in [5.41, 5.74) is 4.28. The van der Waals surface area contributed by atoms with Gasteiger partial charge in [0.05, 0.1) is 5.69 Å². The minimum absolute atomic E-state index is 0.0222. The largest absolute Gasteiger partial charge is 0.349 e. The Kier molecular flexibility index (Phi) is 4.05. The Morgan fingerprint density at radius 2 is 1.81 bits per heavy atom. The first kappa shape index (κ1) is 16.6. The lowest BCUT2D eigenvalue weighted by atomic mass is 10.2. The van der Waals surface area contributed by atoms with Gasteiger partial charge in [-0.3, -0.25) is 9.36 Å². The highest BCUT2D eigenvalue weighted by atomic mass is 32.2. The third kappa shape index (κ3) is 2.77. The first-order chi connectivity index (χ1) is 13.2. The number of H-pyrrole nitrogens is 1. The summed E-state index contributed by atoms with van der Waals surface area (Å²) in [4.78, 5) is 21.8. The van der Waals surface area contributed by atoms with Crippen molar-refractivity contribution in [3.63, 3.8) is 0 Å². The van der Waals surface area contributed by atoms with E-state index in [4.69, 9.17) is 4.98 Å². The van der Waals surface area contributed by atoms with Crippen molar-refractivity contribution >= 4 is 33.7 Å². The van der Waals surface area contributed by atoms with Gasteiger partial charge in [0.1, 0.15) is 11.0 Å². The fourth-order valence-corrected chi connectivity index (χ4v) is 5.30. The zero-order valence-electron chi connectivity index (χ0n) is 15.2. The molecule has 1 aliphatic rings. The molecular formula is C22H21N3OS. The van der Waals surface area contributed by atoms with Crippen LogP contribution in [0.2, 0.25) is 0 Å². The molecule has 1 aliphatic carbocycles. The van der Waals surface area contributed by atoms with Crippen LogP contribution in [-0.2, 0) is 0 Å². The van der Waals surface area contributed by atoms with Gasteiger partial charge in [-0.25, -0.2) is 4.98 Å². The molecule has 0 aliphatic heterocycles. The molecule has 0 amide bonds. The summed E-state index contributed by atoms with van der Waals surface area (Å²) in [5, 5.41) is 2.35. The van der Waals surface area contributed by atoms with Crippen molar-refractivity contribution in [2.45, 2.75) is 43.0 Å². The molecule has 1 fully saturated rings. The Morgan fingerprint density at radius 1 is 1.07 bits per heavy atom. The van der Waals surface area contributed by atoms with Crippen molar-refractivity contribution in [3.05, 3.63) is 64.4 Å². The molecule has 2 aromatic heterocycles. The number of fused-ring (bicyclic) bond motifs is 3. The van der Waals surface area contributed by atoms with Crippen LogP contribution in [0, 0.1) is 6.92 Å². The molecule has 136 valence electrons. The molecule has 27 heavy (non-hydrogen) atoms. The van der Waals surface area contributed by atoms with Crippen molar-refractivity contribution < 1.29 is 0 Å². The zero-order chi connectivity index (χ0) is 18.4. The lowest BCUT2D eigenvalue weighted by molar-refractivity contribution is 0.800. The first-order valence-electron chi connectivity index (χ1n) is 9.48. The van der Waals surface area contributed by atoms with Gasteiger partial charge in [-0.05, 0) is 37.5 Å². The lowest BCUT2D eigenvalue weighted by Gasteiger charge is -2.16. The van der Waals surface area contributed by atoms with Crippen LogP contribution in [0.4, 0.5) is 0 Å². The number of rotatable bonds is 3. The normalized spacial score (nSPS) is 15.1. The monoisotopic (exact) mass is 375 g/mol. The number of para-hydroxylation sites is 2.